The Bertz CT molecular complexity index is 553. The second-order valence-corrected chi connectivity index (χ2v) is 5.57. The molecule has 0 spiro atoms. The molecule has 0 amide bonds. The quantitative estimate of drug-likeness (QED) is 0.393. The molecule has 0 radical (unpaired) electrons. The van der Waals surface area contributed by atoms with Gasteiger partial charge in [-0.15, -0.1) is 37.1 Å². The van der Waals surface area contributed by atoms with Crippen molar-refractivity contribution in [3.8, 4) is 5.75 Å². The standard InChI is InChI=1S/C16H22F3N3O2.HI/c1-2-20-15(22-10-8-13(23)11-22)21-9-7-12-3-5-14(6-4-12)24-16(17,18)19;/h3-6,13,23H,2,7-11H2,1H3,(H,20,21);1H/t13-;/m1./s1. The highest BCUT2D eigenvalue weighted by molar-refractivity contribution is 14.0. The van der Waals surface area contributed by atoms with Crippen molar-refractivity contribution in [1.29, 1.82) is 0 Å². The molecule has 1 aromatic rings. The van der Waals surface area contributed by atoms with Gasteiger partial charge in [-0.05, 0) is 37.5 Å². The molecule has 1 heterocycles. The van der Waals surface area contributed by atoms with Crippen LogP contribution in [0.4, 0.5) is 13.2 Å². The Balaban J connectivity index is 0.00000312. The molecule has 142 valence electrons. The smallest absolute Gasteiger partial charge is 0.406 e. The first-order valence-electron chi connectivity index (χ1n) is 7.93. The van der Waals surface area contributed by atoms with Crippen molar-refractivity contribution >= 4 is 29.9 Å². The Morgan fingerprint density at radius 3 is 2.56 bits per heavy atom. The number of β-amino-alcohol motifs (C(OH)–C–C–N with tert-alkyl or cyclic N) is 1. The van der Waals surface area contributed by atoms with Gasteiger partial charge < -0.3 is 20.1 Å². The van der Waals surface area contributed by atoms with Crippen LogP contribution in [0.1, 0.15) is 18.9 Å². The highest BCUT2D eigenvalue weighted by atomic mass is 127. The summed E-state index contributed by atoms with van der Waals surface area (Å²) in [7, 11) is 0. The molecule has 1 aromatic carbocycles. The number of aliphatic imine (C=N–C) groups is 1. The summed E-state index contributed by atoms with van der Waals surface area (Å²) < 4.78 is 40.2. The van der Waals surface area contributed by atoms with E-state index in [0.29, 0.717) is 19.5 Å². The molecule has 0 bridgehead atoms. The van der Waals surface area contributed by atoms with Crippen molar-refractivity contribution < 1.29 is 23.0 Å². The van der Waals surface area contributed by atoms with Crippen LogP contribution in [0.25, 0.3) is 0 Å². The molecule has 1 aliphatic rings. The van der Waals surface area contributed by atoms with Gasteiger partial charge in [0.05, 0.1) is 6.10 Å². The van der Waals surface area contributed by atoms with Crippen molar-refractivity contribution in [3.63, 3.8) is 0 Å². The van der Waals surface area contributed by atoms with Crippen LogP contribution in [0.15, 0.2) is 29.3 Å². The summed E-state index contributed by atoms with van der Waals surface area (Å²) >= 11 is 0. The third kappa shape index (κ3) is 7.68. The molecule has 2 rings (SSSR count). The van der Waals surface area contributed by atoms with Crippen molar-refractivity contribution in [3.05, 3.63) is 29.8 Å². The minimum Gasteiger partial charge on any atom is -0.406 e. The number of alkyl halides is 3. The van der Waals surface area contributed by atoms with E-state index in [1.165, 1.54) is 12.1 Å². The summed E-state index contributed by atoms with van der Waals surface area (Å²) in [5.41, 5.74) is 0.880. The minimum atomic E-state index is -4.67. The van der Waals surface area contributed by atoms with E-state index in [-0.39, 0.29) is 35.8 Å². The number of ether oxygens (including phenoxy) is 1. The van der Waals surface area contributed by atoms with Crippen LogP contribution in [-0.2, 0) is 6.42 Å². The summed E-state index contributed by atoms with van der Waals surface area (Å²) in [6.45, 7) is 4.54. The predicted molar refractivity (Wildman–Crippen MR) is 100 cm³/mol. The van der Waals surface area contributed by atoms with Gasteiger partial charge in [0.25, 0.3) is 0 Å². The van der Waals surface area contributed by atoms with Gasteiger partial charge in [0.15, 0.2) is 5.96 Å². The normalized spacial score (nSPS) is 18.0. The van der Waals surface area contributed by atoms with Crippen molar-refractivity contribution in [2.45, 2.75) is 32.2 Å². The van der Waals surface area contributed by atoms with E-state index in [4.69, 9.17) is 0 Å². The maximum absolute atomic E-state index is 12.1. The fourth-order valence-electron chi connectivity index (χ4n) is 2.51. The number of aliphatic hydroxyl groups is 1. The van der Waals surface area contributed by atoms with E-state index < -0.39 is 6.36 Å². The number of hydrogen-bond donors (Lipinski definition) is 2. The predicted octanol–water partition coefficient (Wildman–Crippen LogP) is 2.78. The molecule has 5 nitrogen and oxygen atoms in total. The first-order valence-corrected chi connectivity index (χ1v) is 7.93. The van der Waals surface area contributed by atoms with E-state index >= 15 is 0 Å². The van der Waals surface area contributed by atoms with Gasteiger partial charge in [0, 0.05) is 26.2 Å². The number of benzene rings is 1. The molecule has 1 saturated heterocycles. The summed E-state index contributed by atoms with van der Waals surface area (Å²) in [6, 6.07) is 5.80. The lowest BCUT2D eigenvalue weighted by molar-refractivity contribution is -0.274. The number of guanidine groups is 1. The van der Waals surface area contributed by atoms with E-state index in [1.54, 1.807) is 12.1 Å². The maximum Gasteiger partial charge on any atom is 0.573 e. The highest BCUT2D eigenvalue weighted by Gasteiger charge is 2.30. The number of nitrogens with zero attached hydrogens (tertiary/aromatic N) is 2. The zero-order valence-corrected chi connectivity index (χ0v) is 16.3. The van der Waals surface area contributed by atoms with Crippen LogP contribution in [0, 0.1) is 0 Å². The molecular weight excluding hydrogens is 450 g/mol. The lowest BCUT2D eigenvalue weighted by atomic mass is 10.1. The van der Waals surface area contributed by atoms with E-state index in [1.807, 2.05) is 11.8 Å². The topological polar surface area (TPSA) is 57.1 Å². The van der Waals surface area contributed by atoms with Crippen molar-refractivity contribution in [1.82, 2.24) is 10.2 Å². The zero-order valence-electron chi connectivity index (χ0n) is 13.9. The SMILES string of the molecule is CCNC(=NCCc1ccc(OC(F)(F)F)cc1)N1CC[C@@H](O)C1.I. The molecule has 25 heavy (non-hydrogen) atoms. The molecule has 0 aromatic heterocycles. The third-order valence-corrected chi connectivity index (χ3v) is 3.62. The van der Waals surface area contributed by atoms with Crippen molar-refractivity contribution in [2.24, 2.45) is 4.99 Å². The van der Waals surface area contributed by atoms with Gasteiger partial charge in [-0.3, -0.25) is 4.99 Å². The highest BCUT2D eigenvalue weighted by Crippen LogP contribution is 2.22. The molecule has 0 unspecified atom stereocenters. The Labute approximate surface area is 162 Å². The molecule has 1 fully saturated rings. The third-order valence-electron chi connectivity index (χ3n) is 3.62. The Hall–Kier alpha value is -1.23. The van der Waals surface area contributed by atoms with Crippen molar-refractivity contribution in [2.75, 3.05) is 26.2 Å². The summed E-state index contributed by atoms with van der Waals surface area (Å²) in [6.07, 6.45) is -3.66. The maximum atomic E-state index is 12.1. The molecular formula is C16H23F3IN3O2. The van der Waals surface area contributed by atoms with Crippen LogP contribution in [0.5, 0.6) is 5.75 Å². The molecule has 1 aliphatic heterocycles. The zero-order chi connectivity index (χ0) is 17.6. The second-order valence-electron chi connectivity index (χ2n) is 5.57. The fourth-order valence-corrected chi connectivity index (χ4v) is 2.51. The number of rotatable bonds is 5. The number of halogens is 4. The number of aliphatic hydroxyl groups excluding tert-OH is 1. The molecule has 0 saturated carbocycles. The Morgan fingerprint density at radius 1 is 1.36 bits per heavy atom. The monoisotopic (exact) mass is 473 g/mol. The van der Waals surface area contributed by atoms with Gasteiger partial charge in [0.1, 0.15) is 5.75 Å². The lowest BCUT2D eigenvalue weighted by Crippen LogP contribution is -2.40. The lowest BCUT2D eigenvalue weighted by Gasteiger charge is -2.20. The van der Waals surface area contributed by atoms with Gasteiger partial charge >= 0.3 is 6.36 Å². The van der Waals surface area contributed by atoms with Gasteiger partial charge in [-0.1, -0.05) is 12.1 Å². The van der Waals surface area contributed by atoms with Gasteiger partial charge in [-0.2, -0.15) is 0 Å². The van der Waals surface area contributed by atoms with E-state index in [9.17, 15) is 18.3 Å². The van der Waals surface area contributed by atoms with Crippen LogP contribution in [-0.4, -0.2) is 54.6 Å². The first-order chi connectivity index (χ1) is 11.4. The molecule has 0 aliphatic carbocycles. The van der Waals surface area contributed by atoms with Gasteiger partial charge in [-0.25, -0.2) is 0 Å². The number of nitrogens with one attached hydrogen (secondary N) is 1. The van der Waals surface area contributed by atoms with Crippen LogP contribution in [0.3, 0.4) is 0 Å². The van der Waals surface area contributed by atoms with Crippen LogP contribution >= 0.6 is 24.0 Å². The van der Waals surface area contributed by atoms with E-state index in [0.717, 1.165) is 31.0 Å². The number of hydrogen-bond acceptors (Lipinski definition) is 3. The average Bonchev–Trinajstić information content (AvgIpc) is 2.93. The van der Waals surface area contributed by atoms with Gasteiger partial charge in [0.2, 0.25) is 0 Å². The summed E-state index contributed by atoms with van der Waals surface area (Å²) in [5.74, 6) is 0.528. The molecule has 1 atom stereocenters. The van der Waals surface area contributed by atoms with E-state index in [2.05, 4.69) is 15.0 Å². The fraction of sp³-hybridized carbons (Fsp3) is 0.562. The largest absolute Gasteiger partial charge is 0.573 e. The molecule has 2 N–H and O–H groups in total. The first kappa shape index (κ1) is 21.8. The summed E-state index contributed by atoms with van der Waals surface area (Å²) in [5, 5.41) is 12.8. The second kappa shape index (κ2) is 10.0. The number of likely N-dealkylation sites (tertiary alicyclic amines) is 1. The average molecular weight is 473 g/mol. The van der Waals surface area contributed by atoms with Crippen LogP contribution in [0.2, 0.25) is 0 Å². The molecule has 9 heteroatoms. The summed E-state index contributed by atoms with van der Waals surface area (Å²) in [4.78, 5) is 6.52. The minimum absolute atomic E-state index is 0. The van der Waals surface area contributed by atoms with Crippen LogP contribution < -0.4 is 10.1 Å². The Morgan fingerprint density at radius 2 is 2.04 bits per heavy atom. The Kier molecular flexibility index (Phi) is 8.77.